The Hall–Kier alpha value is -2.20. The number of hydrogen-bond donors (Lipinski definition) is 0. The number of nitrogens with zero attached hydrogens (tertiary/aromatic N) is 1. The molecule has 2 aromatic rings. The van der Waals surface area contributed by atoms with E-state index in [-0.39, 0.29) is 0 Å². The number of benzene rings is 2. The Morgan fingerprint density at radius 3 is 2.73 bits per heavy atom. The van der Waals surface area contributed by atoms with Crippen LogP contribution in [0.5, 0.6) is 17.2 Å². The van der Waals surface area contributed by atoms with Gasteiger partial charge in [-0.1, -0.05) is 12.1 Å². The Morgan fingerprint density at radius 1 is 1.09 bits per heavy atom. The summed E-state index contributed by atoms with van der Waals surface area (Å²) in [5.74, 6) is 2.68. The topological polar surface area (TPSA) is 30.9 Å². The van der Waals surface area contributed by atoms with Gasteiger partial charge in [-0.3, -0.25) is 4.90 Å². The lowest BCUT2D eigenvalue weighted by Gasteiger charge is -2.29. The largest absolute Gasteiger partial charge is 0.497 e. The first-order chi connectivity index (χ1) is 10.8. The van der Waals surface area contributed by atoms with E-state index in [0.29, 0.717) is 6.79 Å². The van der Waals surface area contributed by atoms with Crippen molar-refractivity contribution in [2.75, 3.05) is 20.4 Å². The van der Waals surface area contributed by atoms with Crippen molar-refractivity contribution in [3.63, 3.8) is 0 Å². The zero-order valence-corrected chi connectivity index (χ0v) is 12.7. The molecule has 4 nitrogen and oxygen atoms in total. The number of methoxy groups -OCH3 is 1. The highest BCUT2D eigenvalue weighted by atomic mass is 16.7. The Kier molecular flexibility index (Phi) is 3.39. The normalized spacial score (nSPS) is 16.4. The van der Waals surface area contributed by atoms with Crippen LogP contribution in [0.2, 0.25) is 0 Å². The molecule has 0 amide bonds. The zero-order chi connectivity index (χ0) is 14.9. The van der Waals surface area contributed by atoms with Crippen LogP contribution in [0.25, 0.3) is 0 Å². The SMILES string of the molecule is COc1cccc(CN2CCc3cc4c(cc3C2)OCO4)c1. The van der Waals surface area contributed by atoms with Gasteiger partial charge in [0.15, 0.2) is 11.5 Å². The molecule has 0 unspecified atom stereocenters. The predicted molar refractivity (Wildman–Crippen MR) is 83.4 cm³/mol. The van der Waals surface area contributed by atoms with Gasteiger partial charge in [-0.2, -0.15) is 0 Å². The fourth-order valence-corrected chi connectivity index (χ4v) is 3.17. The summed E-state index contributed by atoms with van der Waals surface area (Å²) >= 11 is 0. The molecular formula is C18H19NO3. The van der Waals surface area contributed by atoms with E-state index < -0.39 is 0 Å². The quantitative estimate of drug-likeness (QED) is 0.871. The van der Waals surface area contributed by atoms with Crippen molar-refractivity contribution in [2.45, 2.75) is 19.5 Å². The maximum Gasteiger partial charge on any atom is 0.231 e. The summed E-state index contributed by atoms with van der Waals surface area (Å²) in [5.41, 5.74) is 4.01. The van der Waals surface area contributed by atoms with Crippen molar-refractivity contribution in [3.05, 3.63) is 53.1 Å². The number of hydrogen-bond acceptors (Lipinski definition) is 4. The van der Waals surface area contributed by atoms with E-state index in [1.165, 1.54) is 16.7 Å². The number of rotatable bonds is 3. The van der Waals surface area contributed by atoms with E-state index in [9.17, 15) is 0 Å². The molecular weight excluding hydrogens is 278 g/mol. The standard InChI is InChI=1S/C18H19NO3/c1-20-16-4-2-3-13(7-16)10-19-6-5-14-8-17-18(22-12-21-17)9-15(14)11-19/h2-4,7-9H,5-6,10-12H2,1H3. The first-order valence-electron chi connectivity index (χ1n) is 7.58. The first kappa shape index (κ1) is 13.5. The third-order valence-corrected chi connectivity index (χ3v) is 4.33. The highest BCUT2D eigenvalue weighted by molar-refractivity contribution is 5.49. The minimum atomic E-state index is 0.339. The minimum absolute atomic E-state index is 0.339. The summed E-state index contributed by atoms with van der Waals surface area (Å²) in [7, 11) is 1.71. The zero-order valence-electron chi connectivity index (χ0n) is 12.7. The molecule has 0 saturated carbocycles. The predicted octanol–water partition coefficient (Wildman–Crippen LogP) is 2.98. The maximum atomic E-state index is 5.49. The van der Waals surface area contributed by atoms with Gasteiger partial charge in [-0.05, 0) is 47.4 Å². The molecule has 0 spiro atoms. The summed E-state index contributed by atoms with van der Waals surface area (Å²) in [5, 5.41) is 0. The first-order valence-corrected chi connectivity index (χ1v) is 7.58. The lowest BCUT2D eigenvalue weighted by Crippen LogP contribution is -2.30. The van der Waals surface area contributed by atoms with Crippen LogP contribution in [0.15, 0.2) is 36.4 Å². The average Bonchev–Trinajstić information content (AvgIpc) is 3.00. The van der Waals surface area contributed by atoms with Crippen LogP contribution >= 0.6 is 0 Å². The second-order valence-corrected chi connectivity index (χ2v) is 5.79. The van der Waals surface area contributed by atoms with Crippen molar-refractivity contribution in [1.29, 1.82) is 0 Å². The molecule has 2 aliphatic rings. The molecule has 2 aliphatic heterocycles. The van der Waals surface area contributed by atoms with Crippen molar-refractivity contribution in [1.82, 2.24) is 4.90 Å². The third-order valence-electron chi connectivity index (χ3n) is 4.33. The van der Waals surface area contributed by atoms with Gasteiger partial charge < -0.3 is 14.2 Å². The highest BCUT2D eigenvalue weighted by Gasteiger charge is 2.22. The van der Waals surface area contributed by atoms with Gasteiger partial charge >= 0.3 is 0 Å². The number of fused-ring (bicyclic) bond motifs is 2. The van der Waals surface area contributed by atoms with Gasteiger partial charge in [-0.15, -0.1) is 0 Å². The van der Waals surface area contributed by atoms with Gasteiger partial charge in [0, 0.05) is 19.6 Å². The van der Waals surface area contributed by atoms with Crippen LogP contribution in [0, 0.1) is 0 Å². The summed E-state index contributed by atoms with van der Waals surface area (Å²) in [6.07, 6.45) is 1.05. The van der Waals surface area contributed by atoms with Crippen LogP contribution in [-0.4, -0.2) is 25.3 Å². The molecule has 0 radical (unpaired) electrons. The Labute approximate surface area is 130 Å². The highest BCUT2D eigenvalue weighted by Crippen LogP contribution is 2.36. The van der Waals surface area contributed by atoms with Crippen LogP contribution < -0.4 is 14.2 Å². The summed E-state index contributed by atoms with van der Waals surface area (Å²) < 4.78 is 16.3. The van der Waals surface area contributed by atoms with E-state index in [1.54, 1.807) is 7.11 Å². The van der Waals surface area contributed by atoms with E-state index in [0.717, 1.165) is 43.3 Å². The van der Waals surface area contributed by atoms with E-state index in [4.69, 9.17) is 14.2 Å². The van der Waals surface area contributed by atoms with Crippen molar-refractivity contribution in [3.8, 4) is 17.2 Å². The monoisotopic (exact) mass is 297 g/mol. The van der Waals surface area contributed by atoms with Gasteiger partial charge in [0.1, 0.15) is 5.75 Å². The van der Waals surface area contributed by atoms with Gasteiger partial charge in [0.25, 0.3) is 0 Å². The van der Waals surface area contributed by atoms with Gasteiger partial charge in [0.05, 0.1) is 7.11 Å². The fourth-order valence-electron chi connectivity index (χ4n) is 3.17. The molecule has 4 rings (SSSR count). The molecule has 0 fully saturated rings. The van der Waals surface area contributed by atoms with Crippen LogP contribution in [0.4, 0.5) is 0 Å². The lowest BCUT2D eigenvalue weighted by atomic mass is 9.98. The van der Waals surface area contributed by atoms with Crippen molar-refractivity contribution >= 4 is 0 Å². The van der Waals surface area contributed by atoms with Crippen LogP contribution in [-0.2, 0) is 19.5 Å². The molecule has 0 saturated heterocycles. The Bertz CT molecular complexity index is 699. The van der Waals surface area contributed by atoms with Gasteiger partial charge in [0.2, 0.25) is 6.79 Å². The molecule has 0 bridgehead atoms. The Balaban J connectivity index is 1.52. The van der Waals surface area contributed by atoms with Crippen LogP contribution in [0.3, 0.4) is 0 Å². The molecule has 0 N–H and O–H groups in total. The van der Waals surface area contributed by atoms with E-state index in [2.05, 4.69) is 29.2 Å². The molecule has 0 atom stereocenters. The molecule has 114 valence electrons. The van der Waals surface area contributed by atoms with E-state index in [1.807, 2.05) is 12.1 Å². The minimum Gasteiger partial charge on any atom is -0.497 e. The second-order valence-electron chi connectivity index (χ2n) is 5.79. The average molecular weight is 297 g/mol. The number of ether oxygens (including phenoxy) is 3. The molecule has 2 aromatic carbocycles. The molecule has 22 heavy (non-hydrogen) atoms. The lowest BCUT2D eigenvalue weighted by molar-refractivity contribution is 0.174. The summed E-state index contributed by atoms with van der Waals surface area (Å²) in [6, 6.07) is 12.6. The fraction of sp³-hybridized carbons (Fsp3) is 0.333. The summed E-state index contributed by atoms with van der Waals surface area (Å²) in [6.45, 7) is 3.28. The van der Waals surface area contributed by atoms with E-state index >= 15 is 0 Å². The van der Waals surface area contributed by atoms with Gasteiger partial charge in [-0.25, -0.2) is 0 Å². The van der Waals surface area contributed by atoms with Crippen LogP contribution in [0.1, 0.15) is 16.7 Å². The maximum absolute atomic E-state index is 5.49. The molecule has 4 heteroatoms. The smallest absolute Gasteiger partial charge is 0.231 e. The summed E-state index contributed by atoms with van der Waals surface area (Å²) in [4.78, 5) is 2.46. The third kappa shape index (κ3) is 2.50. The molecule has 0 aliphatic carbocycles. The Morgan fingerprint density at radius 2 is 1.91 bits per heavy atom. The van der Waals surface area contributed by atoms with Crippen molar-refractivity contribution < 1.29 is 14.2 Å². The molecule has 0 aromatic heterocycles. The molecule has 2 heterocycles. The van der Waals surface area contributed by atoms with Crippen molar-refractivity contribution in [2.24, 2.45) is 0 Å². The second kappa shape index (κ2) is 5.54.